The minimum absolute atomic E-state index is 0.0988. The van der Waals surface area contributed by atoms with Gasteiger partial charge in [-0.15, -0.1) is 0 Å². The Bertz CT molecular complexity index is 827. The fourth-order valence-electron chi connectivity index (χ4n) is 3.46. The Morgan fingerprint density at radius 3 is 2.52 bits per heavy atom. The van der Waals surface area contributed by atoms with Crippen LogP contribution in [0, 0.1) is 11.2 Å². The van der Waals surface area contributed by atoms with Crippen LogP contribution in [0.15, 0.2) is 34.3 Å². The van der Waals surface area contributed by atoms with E-state index in [4.69, 9.17) is 11.3 Å². The van der Waals surface area contributed by atoms with Crippen LogP contribution in [0.3, 0.4) is 0 Å². The molecule has 1 aromatic rings. The summed E-state index contributed by atoms with van der Waals surface area (Å²) in [5.41, 5.74) is -0.407. The third kappa shape index (κ3) is 3.14. The minimum Gasteiger partial charge on any atom is -0.616 e. The third-order valence-electron chi connectivity index (χ3n) is 4.50. The molecule has 0 spiro atoms. The molecule has 2 unspecified atom stereocenters. The van der Waals surface area contributed by atoms with Gasteiger partial charge in [0.2, 0.25) is 10.0 Å². The first-order chi connectivity index (χ1) is 11.8. The van der Waals surface area contributed by atoms with E-state index in [1.807, 2.05) is 0 Å². The highest BCUT2D eigenvalue weighted by Gasteiger charge is 2.47. The summed E-state index contributed by atoms with van der Waals surface area (Å²) < 4.78 is 40.5. The van der Waals surface area contributed by atoms with Crippen molar-refractivity contribution in [3.05, 3.63) is 35.9 Å². The first-order valence-corrected chi connectivity index (χ1v) is 9.15. The van der Waals surface area contributed by atoms with Crippen LogP contribution in [-0.4, -0.2) is 60.6 Å². The van der Waals surface area contributed by atoms with Gasteiger partial charge in [-0.2, -0.15) is 4.31 Å². The molecule has 2 saturated heterocycles. The normalized spacial score (nSPS) is 24.0. The maximum absolute atomic E-state index is 13.4. The predicted molar refractivity (Wildman–Crippen MR) is 89.4 cm³/mol. The molecule has 134 valence electrons. The van der Waals surface area contributed by atoms with Crippen LogP contribution in [-0.2, 0) is 14.8 Å². The summed E-state index contributed by atoms with van der Waals surface area (Å²) in [7, 11) is -3.85. The molecular weight excluding hydrogens is 349 g/mol. The van der Waals surface area contributed by atoms with E-state index in [-0.39, 0.29) is 18.0 Å². The lowest BCUT2D eigenvalue weighted by Gasteiger charge is -2.39. The van der Waals surface area contributed by atoms with E-state index in [1.54, 1.807) is 0 Å². The Hall–Kier alpha value is -2.33. The minimum atomic E-state index is -3.85. The van der Waals surface area contributed by atoms with Crippen molar-refractivity contribution in [1.29, 1.82) is 5.41 Å². The van der Waals surface area contributed by atoms with Crippen molar-refractivity contribution < 1.29 is 17.6 Å². The van der Waals surface area contributed by atoms with Crippen molar-refractivity contribution in [2.24, 2.45) is 5.10 Å². The predicted octanol–water partition coefficient (Wildman–Crippen LogP) is 1.25. The van der Waals surface area contributed by atoms with Crippen molar-refractivity contribution in [3.8, 4) is 0 Å². The molecule has 3 rings (SSSR count). The SMILES string of the molecule is N=C(/C=N\[NH-])C(=O)N1CC2CCC(C1)N2S(=O)(=O)c1cccc(F)c1. The lowest BCUT2D eigenvalue weighted by molar-refractivity contribution is -0.126. The molecule has 25 heavy (non-hydrogen) atoms. The van der Waals surface area contributed by atoms with E-state index in [1.165, 1.54) is 27.4 Å². The monoisotopic (exact) mass is 366 g/mol. The van der Waals surface area contributed by atoms with E-state index >= 15 is 0 Å². The molecule has 2 atom stereocenters. The quantitative estimate of drug-likeness (QED) is 0.638. The Labute approximate surface area is 144 Å². The number of rotatable bonds is 4. The van der Waals surface area contributed by atoms with Crippen LogP contribution in [0.2, 0.25) is 0 Å². The van der Waals surface area contributed by atoms with Gasteiger partial charge in [0.1, 0.15) is 11.5 Å². The van der Waals surface area contributed by atoms with Crippen LogP contribution in [0.1, 0.15) is 12.8 Å². The summed E-state index contributed by atoms with van der Waals surface area (Å²) in [5, 5.41) is 10.5. The summed E-state index contributed by atoms with van der Waals surface area (Å²) >= 11 is 0. The maximum Gasteiger partial charge on any atom is 0.273 e. The van der Waals surface area contributed by atoms with Crippen LogP contribution in [0.25, 0.3) is 5.84 Å². The van der Waals surface area contributed by atoms with Crippen molar-refractivity contribution in [2.45, 2.75) is 29.8 Å². The third-order valence-corrected chi connectivity index (χ3v) is 6.50. The molecule has 8 nitrogen and oxygen atoms in total. The van der Waals surface area contributed by atoms with Gasteiger partial charge in [0.05, 0.1) is 4.90 Å². The van der Waals surface area contributed by atoms with E-state index in [2.05, 4.69) is 5.10 Å². The molecule has 2 heterocycles. The van der Waals surface area contributed by atoms with Crippen molar-refractivity contribution >= 4 is 27.9 Å². The molecule has 0 aliphatic carbocycles. The zero-order chi connectivity index (χ0) is 18.2. The maximum atomic E-state index is 13.4. The molecule has 2 fully saturated rings. The lowest BCUT2D eigenvalue weighted by atomic mass is 10.2. The second-order valence-corrected chi connectivity index (χ2v) is 7.90. The second-order valence-electron chi connectivity index (χ2n) is 6.06. The molecule has 0 radical (unpaired) electrons. The number of benzene rings is 1. The number of nitrogens with one attached hydrogen (secondary N) is 2. The van der Waals surface area contributed by atoms with Gasteiger partial charge in [0.25, 0.3) is 5.91 Å². The number of amides is 1. The molecule has 2 bridgehead atoms. The van der Waals surface area contributed by atoms with Crippen molar-refractivity contribution in [1.82, 2.24) is 9.21 Å². The largest absolute Gasteiger partial charge is 0.616 e. The summed E-state index contributed by atoms with van der Waals surface area (Å²) in [5.74, 6) is 5.50. The number of nitrogens with zero attached hydrogens (tertiary/aromatic N) is 3. The topological polar surface area (TPSA) is 118 Å². The van der Waals surface area contributed by atoms with Gasteiger partial charge in [-0.25, -0.2) is 12.8 Å². The smallest absolute Gasteiger partial charge is 0.273 e. The van der Waals surface area contributed by atoms with E-state index in [9.17, 15) is 17.6 Å². The number of hydrogen-bond acceptors (Lipinski definition) is 5. The van der Waals surface area contributed by atoms with Gasteiger partial charge in [-0.1, -0.05) is 6.07 Å². The number of carbonyl (C=O) groups excluding carboxylic acids is 1. The molecular formula is C15H17FN5O3S-. The van der Waals surface area contributed by atoms with Gasteiger partial charge < -0.3 is 15.8 Å². The highest BCUT2D eigenvalue weighted by atomic mass is 32.2. The average Bonchev–Trinajstić information content (AvgIpc) is 2.86. The summed E-state index contributed by atoms with van der Waals surface area (Å²) in [6, 6.07) is 4.07. The van der Waals surface area contributed by atoms with Gasteiger partial charge in [-0.05, 0) is 31.0 Å². The Kier molecular flexibility index (Phi) is 4.56. The molecule has 0 aromatic heterocycles. The highest BCUT2D eigenvalue weighted by Crippen LogP contribution is 2.35. The number of sulfonamides is 1. The Balaban J connectivity index is 1.84. The fraction of sp³-hybridized carbons (Fsp3) is 0.400. The number of carbonyl (C=O) groups is 1. The van der Waals surface area contributed by atoms with Crippen molar-refractivity contribution in [3.63, 3.8) is 0 Å². The Morgan fingerprint density at radius 1 is 1.32 bits per heavy atom. The zero-order valence-corrected chi connectivity index (χ0v) is 14.0. The van der Waals surface area contributed by atoms with Crippen LogP contribution < -0.4 is 0 Å². The number of halogens is 1. The van der Waals surface area contributed by atoms with Gasteiger partial charge in [0, 0.05) is 31.4 Å². The standard InChI is InChI=1S/C15H17FN5O3S/c16-10-2-1-3-13(6-10)25(23,24)21-11-4-5-12(21)9-20(8-11)15(22)14(17)7-19-18/h1-3,6-7,11-12H,4-5,8-9H2,(H2-,17,18)/q-1. The van der Waals surface area contributed by atoms with Crippen molar-refractivity contribution in [2.75, 3.05) is 13.1 Å². The fourth-order valence-corrected chi connectivity index (χ4v) is 5.35. The molecule has 0 saturated carbocycles. The van der Waals surface area contributed by atoms with Crippen LogP contribution in [0.4, 0.5) is 4.39 Å². The van der Waals surface area contributed by atoms with E-state index < -0.39 is 39.5 Å². The number of likely N-dealkylation sites (tertiary alicyclic amines) is 1. The molecule has 2 N–H and O–H groups in total. The molecule has 1 amide bonds. The highest BCUT2D eigenvalue weighted by molar-refractivity contribution is 7.89. The molecule has 10 heteroatoms. The van der Waals surface area contributed by atoms with Gasteiger partial charge >= 0.3 is 0 Å². The Morgan fingerprint density at radius 2 is 1.96 bits per heavy atom. The summed E-state index contributed by atoms with van der Waals surface area (Å²) in [4.78, 5) is 13.5. The van der Waals surface area contributed by atoms with E-state index in [0.717, 1.165) is 12.3 Å². The van der Waals surface area contributed by atoms with E-state index in [0.29, 0.717) is 12.8 Å². The zero-order valence-electron chi connectivity index (χ0n) is 13.2. The van der Waals surface area contributed by atoms with Crippen LogP contribution in [0.5, 0.6) is 0 Å². The summed E-state index contributed by atoms with van der Waals surface area (Å²) in [6.07, 6.45) is 2.05. The van der Waals surface area contributed by atoms with Gasteiger partial charge in [0.15, 0.2) is 0 Å². The van der Waals surface area contributed by atoms with Gasteiger partial charge in [-0.3, -0.25) is 10.2 Å². The number of piperazine rings is 1. The molecule has 2 aliphatic heterocycles. The lowest BCUT2D eigenvalue weighted by Crippen LogP contribution is -2.58. The number of hydrogen-bond donors (Lipinski definition) is 1. The van der Waals surface area contributed by atoms with Crippen LogP contribution >= 0.6 is 0 Å². The first-order valence-electron chi connectivity index (χ1n) is 7.71. The molecule has 2 aliphatic rings. The number of fused-ring (bicyclic) bond motifs is 2. The molecule has 1 aromatic carbocycles. The average molecular weight is 366 g/mol. The summed E-state index contributed by atoms with van der Waals surface area (Å²) in [6.45, 7) is 0.330. The second kappa shape index (κ2) is 6.52. The first kappa shape index (κ1) is 17.5.